The molecule has 1 saturated heterocycles. The van der Waals surface area contributed by atoms with Gasteiger partial charge in [-0.2, -0.15) is 5.10 Å². The van der Waals surface area contributed by atoms with Crippen LogP contribution in [0.25, 0.3) is 5.69 Å². The van der Waals surface area contributed by atoms with Gasteiger partial charge in [0.25, 0.3) is 5.91 Å². The smallest absolute Gasteiger partial charge is 0.257 e. The molecule has 2 amide bonds. The van der Waals surface area contributed by atoms with Gasteiger partial charge in [0.15, 0.2) is 0 Å². The predicted octanol–water partition coefficient (Wildman–Crippen LogP) is 2.20. The van der Waals surface area contributed by atoms with Gasteiger partial charge in [0.1, 0.15) is 0 Å². The van der Waals surface area contributed by atoms with Crippen LogP contribution in [0.2, 0.25) is 0 Å². The number of nitrogens with zero attached hydrogens (tertiary/aromatic N) is 4. The van der Waals surface area contributed by atoms with Gasteiger partial charge in [-0.25, -0.2) is 4.68 Å². The number of carbonyl (C=O) groups is 2. The first-order valence-electron chi connectivity index (χ1n) is 8.55. The second-order valence-electron chi connectivity index (χ2n) is 7.34. The van der Waals surface area contributed by atoms with Crippen molar-refractivity contribution in [2.24, 2.45) is 5.41 Å². The van der Waals surface area contributed by atoms with E-state index in [0.29, 0.717) is 31.7 Å². The van der Waals surface area contributed by atoms with Crippen molar-refractivity contribution in [2.75, 3.05) is 26.2 Å². The number of hydrogen-bond acceptors (Lipinski definition) is 3. The summed E-state index contributed by atoms with van der Waals surface area (Å²) in [6, 6.07) is 9.70. The molecule has 1 aromatic carbocycles. The Balaban J connectivity index is 1.64. The third kappa shape index (κ3) is 3.73. The van der Waals surface area contributed by atoms with Crippen LogP contribution in [0.1, 0.15) is 31.1 Å². The number of carbonyl (C=O) groups excluding carboxylic acids is 2. The highest BCUT2D eigenvalue weighted by Crippen LogP contribution is 2.19. The van der Waals surface area contributed by atoms with E-state index in [9.17, 15) is 9.59 Å². The van der Waals surface area contributed by atoms with Gasteiger partial charge in [-0.1, -0.05) is 39.0 Å². The lowest BCUT2D eigenvalue weighted by atomic mass is 9.94. The molecular weight excluding hydrogens is 316 g/mol. The average molecular weight is 340 g/mol. The Morgan fingerprint density at radius 1 is 0.960 bits per heavy atom. The third-order valence-corrected chi connectivity index (χ3v) is 4.35. The van der Waals surface area contributed by atoms with E-state index in [1.807, 2.05) is 56.0 Å². The number of rotatable bonds is 2. The summed E-state index contributed by atoms with van der Waals surface area (Å²) in [5, 5.41) is 4.28. The Morgan fingerprint density at radius 3 is 2.16 bits per heavy atom. The second kappa shape index (κ2) is 6.70. The average Bonchev–Trinajstić information content (AvgIpc) is 3.11. The van der Waals surface area contributed by atoms with Crippen molar-refractivity contribution in [1.82, 2.24) is 19.6 Å². The minimum Gasteiger partial charge on any atom is -0.339 e. The van der Waals surface area contributed by atoms with Crippen molar-refractivity contribution in [2.45, 2.75) is 20.8 Å². The molecule has 0 radical (unpaired) electrons. The standard InChI is InChI=1S/C19H24N4O2/c1-19(2,3)18(25)22-11-9-21(10-12-22)17(24)15-13-20-23(14-15)16-7-5-4-6-8-16/h4-8,13-14H,9-12H2,1-3H3. The molecular formula is C19H24N4O2. The fraction of sp³-hybridized carbons (Fsp3) is 0.421. The fourth-order valence-electron chi connectivity index (χ4n) is 2.92. The molecule has 2 heterocycles. The van der Waals surface area contributed by atoms with Gasteiger partial charge in [-0.15, -0.1) is 0 Å². The summed E-state index contributed by atoms with van der Waals surface area (Å²) in [5.74, 6) is 0.0986. The van der Waals surface area contributed by atoms with Crippen LogP contribution in [0.15, 0.2) is 42.7 Å². The van der Waals surface area contributed by atoms with Crippen LogP contribution in [-0.2, 0) is 4.79 Å². The number of aromatic nitrogens is 2. The number of para-hydroxylation sites is 1. The summed E-state index contributed by atoms with van der Waals surface area (Å²) >= 11 is 0. The molecule has 0 spiro atoms. The molecule has 0 bridgehead atoms. The summed E-state index contributed by atoms with van der Waals surface area (Å²) in [7, 11) is 0. The highest BCUT2D eigenvalue weighted by atomic mass is 16.2. The Kier molecular flexibility index (Phi) is 4.61. The molecule has 1 aliphatic heterocycles. The first-order chi connectivity index (χ1) is 11.9. The summed E-state index contributed by atoms with van der Waals surface area (Å²) in [6.07, 6.45) is 3.35. The van der Waals surface area contributed by atoms with Gasteiger partial charge in [0.2, 0.25) is 5.91 Å². The van der Waals surface area contributed by atoms with E-state index in [2.05, 4.69) is 5.10 Å². The van der Waals surface area contributed by atoms with Gasteiger partial charge in [-0.3, -0.25) is 9.59 Å². The maximum absolute atomic E-state index is 12.7. The van der Waals surface area contributed by atoms with Crippen molar-refractivity contribution in [1.29, 1.82) is 0 Å². The molecule has 3 rings (SSSR count). The van der Waals surface area contributed by atoms with Gasteiger partial charge in [0, 0.05) is 37.8 Å². The molecule has 25 heavy (non-hydrogen) atoms. The van der Waals surface area contributed by atoms with E-state index in [1.165, 1.54) is 0 Å². The molecule has 0 aliphatic carbocycles. The molecule has 1 aromatic heterocycles. The fourth-order valence-corrected chi connectivity index (χ4v) is 2.92. The highest BCUT2D eigenvalue weighted by molar-refractivity contribution is 5.94. The molecule has 0 unspecified atom stereocenters. The minimum atomic E-state index is -0.386. The third-order valence-electron chi connectivity index (χ3n) is 4.35. The van der Waals surface area contributed by atoms with Crippen LogP contribution >= 0.6 is 0 Å². The number of amides is 2. The van der Waals surface area contributed by atoms with Crippen molar-refractivity contribution in [3.05, 3.63) is 48.3 Å². The van der Waals surface area contributed by atoms with Crippen LogP contribution < -0.4 is 0 Å². The maximum atomic E-state index is 12.7. The van der Waals surface area contributed by atoms with Gasteiger partial charge in [-0.05, 0) is 12.1 Å². The topological polar surface area (TPSA) is 58.4 Å². The van der Waals surface area contributed by atoms with E-state index >= 15 is 0 Å². The molecule has 0 N–H and O–H groups in total. The van der Waals surface area contributed by atoms with Crippen molar-refractivity contribution >= 4 is 11.8 Å². The minimum absolute atomic E-state index is 0.0370. The Morgan fingerprint density at radius 2 is 1.56 bits per heavy atom. The highest BCUT2D eigenvalue weighted by Gasteiger charge is 2.31. The molecule has 6 heteroatoms. The normalized spacial score (nSPS) is 15.3. The molecule has 1 aliphatic rings. The lowest BCUT2D eigenvalue weighted by molar-refractivity contribution is -0.140. The van der Waals surface area contributed by atoms with Crippen LogP contribution in [-0.4, -0.2) is 57.6 Å². The molecule has 6 nitrogen and oxygen atoms in total. The molecule has 0 atom stereocenters. The van der Waals surface area contributed by atoms with Crippen molar-refractivity contribution < 1.29 is 9.59 Å². The van der Waals surface area contributed by atoms with Gasteiger partial charge in [0.05, 0.1) is 17.4 Å². The molecule has 0 saturated carbocycles. The number of piperazine rings is 1. The quantitative estimate of drug-likeness (QED) is 0.842. The summed E-state index contributed by atoms with van der Waals surface area (Å²) in [5.41, 5.74) is 1.10. The Labute approximate surface area is 148 Å². The monoisotopic (exact) mass is 340 g/mol. The predicted molar refractivity (Wildman–Crippen MR) is 95.5 cm³/mol. The zero-order valence-electron chi connectivity index (χ0n) is 15.0. The van der Waals surface area contributed by atoms with Crippen LogP contribution in [0.5, 0.6) is 0 Å². The summed E-state index contributed by atoms with van der Waals surface area (Å²) in [4.78, 5) is 28.7. The second-order valence-corrected chi connectivity index (χ2v) is 7.34. The van der Waals surface area contributed by atoms with E-state index in [1.54, 1.807) is 22.0 Å². The SMILES string of the molecule is CC(C)(C)C(=O)N1CCN(C(=O)c2cnn(-c3ccccc3)c2)CC1. The van der Waals surface area contributed by atoms with E-state index in [-0.39, 0.29) is 17.2 Å². The number of hydrogen-bond donors (Lipinski definition) is 0. The first kappa shape index (κ1) is 17.2. The Bertz CT molecular complexity index is 753. The van der Waals surface area contributed by atoms with E-state index in [0.717, 1.165) is 5.69 Å². The summed E-state index contributed by atoms with van der Waals surface area (Å²) in [6.45, 7) is 8.03. The summed E-state index contributed by atoms with van der Waals surface area (Å²) < 4.78 is 1.70. The van der Waals surface area contributed by atoms with Crippen molar-refractivity contribution in [3.8, 4) is 5.69 Å². The van der Waals surface area contributed by atoms with Crippen molar-refractivity contribution in [3.63, 3.8) is 0 Å². The van der Waals surface area contributed by atoms with Crippen LogP contribution in [0.3, 0.4) is 0 Å². The zero-order chi connectivity index (χ0) is 18.0. The Hall–Kier alpha value is -2.63. The zero-order valence-corrected chi connectivity index (χ0v) is 15.0. The number of benzene rings is 1. The van der Waals surface area contributed by atoms with Gasteiger partial charge >= 0.3 is 0 Å². The van der Waals surface area contributed by atoms with E-state index in [4.69, 9.17) is 0 Å². The molecule has 132 valence electrons. The van der Waals surface area contributed by atoms with Crippen LogP contribution in [0.4, 0.5) is 0 Å². The van der Waals surface area contributed by atoms with Gasteiger partial charge < -0.3 is 9.80 Å². The van der Waals surface area contributed by atoms with Crippen LogP contribution in [0, 0.1) is 5.41 Å². The van der Waals surface area contributed by atoms with E-state index < -0.39 is 0 Å². The maximum Gasteiger partial charge on any atom is 0.257 e. The lowest BCUT2D eigenvalue weighted by Crippen LogP contribution is -2.53. The lowest BCUT2D eigenvalue weighted by Gasteiger charge is -2.37. The largest absolute Gasteiger partial charge is 0.339 e. The molecule has 1 fully saturated rings. The molecule has 2 aromatic rings. The first-order valence-corrected chi connectivity index (χ1v) is 8.55.